The van der Waals surface area contributed by atoms with Crippen LogP contribution in [0.5, 0.6) is 0 Å². The van der Waals surface area contributed by atoms with Crippen LogP contribution in [0.25, 0.3) is 0 Å². The largest absolute Gasteiger partial charge is 0.397 e. The van der Waals surface area contributed by atoms with Gasteiger partial charge in [0, 0.05) is 12.0 Å². The lowest BCUT2D eigenvalue weighted by Crippen LogP contribution is -2.28. The first kappa shape index (κ1) is 11.6. The molecular weight excluding hydrogens is 228 g/mol. The highest BCUT2D eigenvalue weighted by molar-refractivity contribution is 6.29. The van der Waals surface area contributed by atoms with Gasteiger partial charge in [0.1, 0.15) is 5.15 Å². The fraction of sp³-hybridized carbons (Fsp3) is 0.545. The van der Waals surface area contributed by atoms with Crippen molar-refractivity contribution >= 4 is 17.3 Å². The number of aromatic nitrogens is 1. The Kier molecular flexibility index (Phi) is 3.06. The van der Waals surface area contributed by atoms with Crippen LogP contribution >= 0.6 is 11.6 Å². The smallest absolute Gasteiger partial charge is 0.197 e. The van der Waals surface area contributed by atoms with E-state index in [4.69, 9.17) is 26.8 Å². The van der Waals surface area contributed by atoms with Crippen molar-refractivity contribution in [3.63, 3.8) is 0 Å². The van der Waals surface area contributed by atoms with E-state index in [1.807, 2.05) is 13.8 Å². The molecule has 88 valence electrons. The average Bonchev–Trinajstić information content (AvgIpc) is 2.65. The maximum atomic E-state index is 5.89. The number of anilines is 1. The molecule has 2 N–H and O–H groups in total. The molecule has 2 heterocycles. The number of rotatable bonds is 2. The summed E-state index contributed by atoms with van der Waals surface area (Å²) in [4.78, 5) is 3.92. The molecule has 0 spiro atoms. The van der Waals surface area contributed by atoms with Crippen LogP contribution in [0.2, 0.25) is 5.15 Å². The molecule has 0 aromatic carbocycles. The molecule has 1 aliphatic heterocycles. The van der Waals surface area contributed by atoms with Gasteiger partial charge < -0.3 is 15.2 Å². The molecule has 1 fully saturated rings. The predicted molar refractivity (Wildman–Crippen MR) is 62.1 cm³/mol. The molecule has 5 heteroatoms. The summed E-state index contributed by atoms with van der Waals surface area (Å²) in [5, 5.41) is 0.392. The van der Waals surface area contributed by atoms with Gasteiger partial charge in [-0.2, -0.15) is 0 Å². The van der Waals surface area contributed by atoms with Gasteiger partial charge >= 0.3 is 0 Å². The maximum Gasteiger partial charge on any atom is 0.197 e. The van der Waals surface area contributed by atoms with Crippen molar-refractivity contribution in [2.45, 2.75) is 32.2 Å². The van der Waals surface area contributed by atoms with Crippen LogP contribution in [0.4, 0.5) is 5.69 Å². The van der Waals surface area contributed by atoms with Crippen molar-refractivity contribution in [1.29, 1.82) is 0 Å². The van der Waals surface area contributed by atoms with Gasteiger partial charge in [0.15, 0.2) is 5.79 Å². The second-order valence-electron chi connectivity index (χ2n) is 3.94. The molecule has 0 radical (unpaired) electrons. The van der Waals surface area contributed by atoms with E-state index in [0.29, 0.717) is 23.9 Å². The molecule has 4 nitrogen and oxygen atoms in total. The van der Waals surface area contributed by atoms with E-state index in [2.05, 4.69) is 4.98 Å². The molecule has 2 unspecified atom stereocenters. The lowest BCUT2D eigenvalue weighted by Gasteiger charge is -2.28. The fourth-order valence-corrected chi connectivity index (χ4v) is 2.09. The monoisotopic (exact) mass is 242 g/mol. The molecule has 0 saturated carbocycles. The summed E-state index contributed by atoms with van der Waals surface area (Å²) in [6.45, 7) is 4.52. The second kappa shape index (κ2) is 4.20. The van der Waals surface area contributed by atoms with E-state index >= 15 is 0 Å². The standard InChI is InChI=1S/C11H15ClN2O2/c1-3-11(15-6-7(2)16-11)8-4-10(12)14-5-9(8)13/h4-5,7H,3,6,13H2,1-2H3. The van der Waals surface area contributed by atoms with Crippen LogP contribution in [0.15, 0.2) is 12.3 Å². The van der Waals surface area contributed by atoms with Crippen LogP contribution in [0, 0.1) is 0 Å². The Morgan fingerprint density at radius 1 is 1.69 bits per heavy atom. The van der Waals surface area contributed by atoms with E-state index in [9.17, 15) is 0 Å². The molecule has 2 rings (SSSR count). The topological polar surface area (TPSA) is 57.4 Å². The number of halogens is 1. The normalized spacial score (nSPS) is 29.6. The maximum absolute atomic E-state index is 5.89. The summed E-state index contributed by atoms with van der Waals surface area (Å²) in [7, 11) is 0. The molecule has 1 saturated heterocycles. The minimum atomic E-state index is -0.768. The van der Waals surface area contributed by atoms with E-state index in [-0.39, 0.29) is 6.10 Å². The SMILES string of the molecule is CCC1(c2cc(Cl)ncc2N)OCC(C)O1. The molecule has 0 bridgehead atoms. The summed E-state index contributed by atoms with van der Waals surface area (Å²) < 4.78 is 11.6. The first-order valence-electron chi connectivity index (χ1n) is 5.30. The number of ether oxygens (including phenoxy) is 2. The number of nitrogens with two attached hydrogens (primary N) is 1. The van der Waals surface area contributed by atoms with Crippen molar-refractivity contribution in [2.24, 2.45) is 0 Å². The van der Waals surface area contributed by atoms with E-state index in [0.717, 1.165) is 5.56 Å². The highest BCUT2D eigenvalue weighted by Crippen LogP contribution is 2.40. The summed E-state index contributed by atoms with van der Waals surface area (Å²) >= 11 is 5.87. The molecule has 1 aliphatic rings. The lowest BCUT2D eigenvalue weighted by molar-refractivity contribution is -0.176. The van der Waals surface area contributed by atoms with Gasteiger partial charge in [0.25, 0.3) is 0 Å². The van der Waals surface area contributed by atoms with Gasteiger partial charge in [-0.3, -0.25) is 0 Å². The van der Waals surface area contributed by atoms with Crippen molar-refractivity contribution in [1.82, 2.24) is 4.98 Å². The number of pyridine rings is 1. The van der Waals surface area contributed by atoms with Gasteiger partial charge in [-0.1, -0.05) is 18.5 Å². The van der Waals surface area contributed by atoms with Crippen molar-refractivity contribution in [3.8, 4) is 0 Å². The van der Waals surface area contributed by atoms with E-state index in [1.165, 1.54) is 6.20 Å². The Balaban J connectivity index is 2.44. The number of nitrogens with zero attached hydrogens (tertiary/aromatic N) is 1. The highest BCUT2D eigenvalue weighted by Gasteiger charge is 2.41. The first-order valence-corrected chi connectivity index (χ1v) is 5.68. The predicted octanol–water partition coefficient (Wildman–Crippen LogP) is 2.32. The third-order valence-corrected chi connectivity index (χ3v) is 2.93. The zero-order valence-electron chi connectivity index (χ0n) is 9.37. The number of hydrogen-bond acceptors (Lipinski definition) is 4. The Morgan fingerprint density at radius 3 is 3.00 bits per heavy atom. The fourth-order valence-electron chi connectivity index (χ4n) is 1.93. The molecule has 0 amide bonds. The van der Waals surface area contributed by atoms with Crippen LogP contribution in [0.3, 0.4) is 0 Å². The molecular formula is C11H15ClN2O2. The first-order chi connectivity index (χ1) is 7.57. The molecule has 2 atom stereocenters. The van der Waals surface area contributed by atoms with Crippen LogP contribution in [-0.2, 0) is 15.3 Å². The zero-order valence-corrected chi connectivity index (χ0v) is 10.1. The highest BCUT2D eigenvalue weighted by atomic mass is 35.5. The van der Waals surface area contributed by atoms with Crippen LogP contribution < -0.4 is 5.73 Å². The Hall–Kier alpha value is -0.840. The van der Waals surface area contributed by atoms with Gasteiger partial charge in [-0.15, -0.1) is 0 Å². The minimum absolute atomic E-state index is 0.0614. The van der Waals surface area contributed by atoms with E-state index in [1.54, 1.807) is 6.07 Å². The molecule has 1 aromatic rings. The van der Waals surface area contributed by atoms with Gasteiger partial charge in [0.2, 0.25) is 0 Å². The molecule has 1 aromatic heterocycles. The summed E-state index contributed by atoms with van der Waals surface area (Å²) in [5.74, 6) is -0.768. The molecule has 0 aliphatic carbocycles. The van der Waals surface area contributed by atoms with Crippen molar-refractivity contribution in [3.05, 3.63) is 23.0 Å². The van der Waals surface area contributed by atoms with Crippen molar-refractivity contribution < 1.29 is 9.47 Å². The Morgan fingerprint density at radius 2 is 2.44 bits per heavy atom. The minimum Gasteiger partial charge on any atom is -0.397 e. The van der Waals surface area contributed by atoms with Crippen LogP contribution in [-0.4, -0.2) is 17.7 Å². The second-order valence-corrected chi connectivity index (χ2v) is 4.33. The molecule has 16 heavy (non-hydrogen) atoms. The summed E-state index contributed by atoms with van der Waals surface area (Å²) in [6.07, 6.45) is 2.28. The van der Waals surface area contributed by atoms with Gasteiger partial charge in [0.05, 0.1) is 24.6 Å². The van der Waals surface area contributed by atoms with E-state index < -0.39 is 5.79 Å². The van der Waals surface area contributed by atoms with Gasteiger partial charge in [-0.05, 0) is 13.0 Å². The summed E-state index contributed by atoms with van der Waals surface area (Å²) in [5.41, 5.74) is 7.20. The average molecular weight is 243 g/mol. The quantitative estimate of drug-likeness (QED) is 0.809. The summed E-state index contributed by atoms with van der Waals surface area (Å²) in [6, 6.07) is 1.71. The number of nitrogen functional groups attached to an aromatic ring is 1. The van der Waals surface area contributed by atoms with Crippen molar-refractivity contribution in [2.75, 3.05) is 12.3 Å². The Labute approximate surface area is 99.7 Å². The van der Waals surface area contributed by atoms with Crippen LogP contribution in [0.1, 0.15) is 25.8 Å². The number of hydrogen-bond donors (Lipinski definition) is 1. The third kappa shape index (κ3) is 1.88. The third-order valence-electron chi connectivity index (χ3n) is 2.72. The van der Waals surface area contributed by atoms with Gasteiger partial charge in [-0.25, -0.2) is 4.98 Å². The lowest BCUT2D eigenvalue weighted by atomic mass is 10.0. The zero-order chi connectivity index (χ0) is 11.8. The Bertz CT molecular complexity index is 400.